The van der Waals surface area contributed by atoms with E-state index in [4.69, 9.17) is 14.3 Å². The first-order chi connectivity index (χ1) is 11.3. The van der Waals surface area contributed by atoms with Gasteiger partial charge in [-0.15, -0.1) is 0 Å². The van der Waals surface area contributed by atoms with Crippen molar-refractivity contribution in [3.05, 3.63) is 53.6 Å². The van der Waals surface area contributed by atoms with Gasteiger partial charge >= 0.3 is 0 Å². The molecule has 2 aromatic rings. The lowest BCUT2D eigenvalue weighted by Gasteiger charge is -2.18. The molecule has 0 aromatic heterocycles. The molecular weight excluding hydrogens is 296 g/mol. The highest BCUT2D eigenvalue weighted by Crippen LogP contribution is 2.38. The topological polar surface area (TPSA) is 69.2 Å². The number of ether oxygens (including phenoxy) is 2. The Morgan fingerprint density at radius 2 is 1.83 bits per heavy atom. The highest BCUT2D eigenvalue weighted by molar-refractivity contribution is 6.53. The summed E-state index contributed by atoms with van der Waals surface area (Å²) in [7, 11) is 0. The Bertz CT molecular complexity index is 787. The summed E-state index contributed by atoms with van der Waals surface area (Å²) in [4.78, 5) is 17.4. The second kappa shape index (κ2) is 5.64. The van der Waals surface area contributed by atoms with Gasteiger partial charge in [-0.3, -0.25) is 4.79 Å². The molecule has 23 heavy (non-hydrogen) atoms. The zero-order valence-corrected chi connectivity index (χ0v) is 12.2. The van der Waals surface area contributed by atoms with Crippen molar-refractivity contribution < 1.29 is 19.1 Å². The Morgan fingerprint density at radius 3 is 2.61 bits per heavy atom. The molecule has 2 aliphatic heterocycles. The van der Waals surface area contributed by atoms with E-state index in [0.29, 0.717) is 42.6 Å². The first-order valence-corrected chi connectivity index (χ1v) is 7.30. The van der Waals surface area contributed by atoms with Gasteiger partial charge in [0.05, 0.1) is 5.69 Å². The number of amides is 1. The standard InChI is InChI=1S/C17H14N2O4/c20-17-16(19-23-10-11-4-2-1-3-5-11)12-8-14-15(9-13(12)18-17)22-7-6-21-14/h1-5,8-9H,6-7,10H2,(H,18,19,20). The van der Waals surface area contributed by atoms with E-state index in [1.165, 1.54) is 0 Å². The van der Waals surface area contributed by atoms with Crippen LogP contribution in [-0.4, -0.2) is 24.8 Å². The number of anilines is 1. The summed E-state index contributed by atoms with van der Waals surface area (Å²) >= 11 is 0. The van der Waals surface area contributed by atoms with Crippen molar-refractivity contribution in [1.29, 1.82) is 0 Å². The van der Waals surface area contributed by atoms with E-state index in [-0.39, 0.29) is 11.6 Å². The third-order valence-corrected chi connectivity index (χ3v) is 3.63. The van der Waals surface area contributed by atoms with Crippen molar-refractivity contribution in [2.24, 2.45) is 5.16 Å². The Morgan fingerprint density at radius 1 is 1.09 bits per heavy atom. The van der Waals surface area contributed by atoms with Crippen LogP contribution in [0.1, 0.15) is 11.1 Å². The number of rotatable bonds is 3. The predicted octanol–water partition coefficient (Wildman–Crippen LogP) is 2.33. The van der Waals surface area contributed by atoms with Crippen LogP contribution in [0.3, 0.4) is 0 Å². The highest BCUT2D eigenvalue weighted by atomic mass is 16.6. The Kier molecular flexibility index (Phi) is 3.34. The molecule has 0 atom stereocenters. The SMILES string of the molecule is O=C1Nc2cc3c(cc2C1=NOCc1ccccc1)OCCO3. The maximum absolute atomic E-state index is 12.1. The minimum atomic E-state index is -0.296. The van der Waals surface area contributed by atoms with E-state index in [1.807, 2.05) is 30.3 Å². The molecule has 1 amide bonds. The zero-order valence-electron chi connectivity index (χ0n) is 12.2. The second-order valence-electron chi connectivity index (χ2n) is 5.19. The number of hydrogen-bond acceptors (Lipinski definition) is 5. The number of oxime groups is 1. The largest absolute Gasteiger partial charge is 0.486 e. The first kappa shape index (κ1) is 13.6. The molecule has 6 heteroatoms. The predicted molar refractivity (Wildman–Crippen MR) is 83.8 cm³/mol. The summed E-state index contributed by atoms with van der Waals surface area (Å²) in [5.41, 5.74) is 2.54. The van der Waals surface area contributed by atoms with Gasteiger partial charge in [0.1, 0.15) is 19.8 Å². The minimum Gasteiger partial charge on any atom is -0.486 e. The molecule has 6 nitrogen and oxygen atoms in total. The van der Waals surface area contributed by atoms with E-state index in [9.17, 15) is 4.79 Å². The molecule has 2 heterocycles. The Labute approximate surface area is 132 Å². The van der Waals surface area contributed by atoms with Gasteiger partial charge in [0.2, 0.25) is 0 Å². The zero-order chi connectivity index (χ0) is 15.6. The van der Waals surface area contributed by atoms with Gasteiger partial charge in [-0.05, 0) is 11.6 Å². The molecule has 2 aromatic carbocycles. The third kappa shape index (κ3) is 2.59. The average molecular weight is 310 g/mol. The Balaban J connectivity index is 1.58. The number of benzene rings is 2. The summed E-state index contributed by atoms with van der Waals surface area (Å²) in [5, 5.41) is 6.76. The van der Waals surface area contributed by atoms with Gasteiger partial charge in [-0.2, -0.15) is 0 Å². The van der Waals surface area contributed by atoms with Crippen molar-refractivity contribution in [2.45, 2.75) is 6.61 Å². The summed E-state index contributed by atoms with van der Waals surface area (Å²) in [6, 6.07) is 13.2. The van der Waals surface area contributed by atoms with Crippen molar-refractivity contribution in [3.63, 3.8) is 0 Å². The number of nitrogens with zero attached hydrogens (tertiary/aromatic N) is 1. The van der Waals surface area contributed by atoms with Crippen LogP contribution in [0.5, 0.6) is 11.5 Å². The summed E-state index contributed by atoms with van der Waals surface area (Å²) < 4.78 is 11.1. The fraction of sp³-hybridized carbons (Fsp3) is 0.176. The number of carbonyl (C=O) groups excluding carboxylic acids is 1. The van der Waals surface area contributed by atoms with Crippen LogP contribution in [0.2, 0.25) is 0 Å². The molecule has 4 rings (SSSR count). The maximum atomic E-state index is 12.1. The van der Waals surface area contributed by atoms with Crippen LogP contribution in [0.15, 0.2) is 47.6 Å². The summed E-state index contributed by atoms with van der Waals surface area (Å²) in [6.45, 7) is 1.29. The lowest BCUT2D eigenvalue weighted by molar-refractivity contribution is -0.110. The van der Waals surface area contributed by atoms with Gasteiger partial charge in [-0.1, -0.05) is 35.5 Å². The molecule has 0 saturated carbocycles. The van der Waals surface area contributed by atoms with Crippen LogP contribution >= 0.6 is 0 Å². The normalized spacial score (nSPS) is 16.9. The van der Waals surface area contributed by atoms with Gasteiger partial charge in [0, 0.05) is 11.6 Å². The molecule has 0 fully saturated rings. The monoisotopic (exact) mass is 310 g/mol. The number of carbonyl (C=O) groups is 1. The molecule has 2 aliphatic rings. The third-order valence-electron chi connectivity index (χ3n) is 3.63. The molecule has 0 radical (unpaired) electrons. The van der Waals surface area contributed by atoms with E-state index in [2.05, 4.69) is 10.5 Å². The van der Waals surface area contributed by atoms with Crippen molar-refractivity contribution >= 4 is 17.3 Å². The molecule has 1 N–H and O–H groups in total. The molecule has 0 spiro atoms. The van der Waals surface area contributed by atoms with Crippen LogP contribution in [0, 0.1) is 0 Å². The van der Waals surface area contributed by atoms with Crippen molar-refractivity contribution in [3.8, 4) is 11.5 Å². The first-order valence-electron chi connectivity index (χ1n) is 7.30. The molecular formula is C17H14N2O4. The van der Waals surface area contributed by atoms with Crippen molar-refractivity contribution in [1.82, 2.24) is 0 Å². The maximum Gasteiger partial charge on any atom is 0.278 e. The molecule has 116 valence electrons. The average Bonchev–Trinajstić information content (AvgIpc) is 2.88. The lowest BCUT2D eigenvalue weighted by atomic mass is 10.1. The fourth-order valence-electron chi connectivity index (χ4n) is 2.53. The number of nitrogens with one attached hydrogen (secondary N) is 1. The summed E-state index contributed by atoms with van der Waals surface area (Å²) in [6.07, 6.45) is 0. The van der Waals surface area contributed by atoms with E-state index in [0.717, 1.165) is 5.56 Å². The van der Waals surface area contributed by atoms with Gasteiger partial charge in [0.25, 0.3) is 5.91 Å². The van der Waals surface area contributed by atoms with E-state index in [1.54, 1.807) is 12.1 Å². The summed E-state index contributed by atoms with van der Waals surface area (Å²) in [5.74, 6) is 0.944. The van der Waals surface area contributed by atoms with Crippen LogP contribution < -0.4 is 14.8 Å². The minimum absolute atomic E-state index is 0.243. The van der Waals surface area contributed by atoms with Gasteiger partial charge in [-0.25, -0.2) is 0 Å². The fourth-order valence-corrected chi connectivity index (χ4v) is 2.53. The molecule has 0 aliphatic carbocycles. The second-order valence-corrected chi connectivity index (χ2v) is 5.19. The van der Waals surface area contributed by atoms with E-state index >= 15 is 0 Å². The van der Waals surface area contributed by atoms with Crippen LogP contribution in [0.4, 0.5) is 5.69 Å². The molecule has 0 unspecified atom stereocenters. The van der Waals surface area contributed by atoms with Crippen LogP contribution in [0.25, 0.3) is 0 Å². The van der Waals surface area contributed by atoms with E-state index < -0.39 is 0 Å². The quantitative estimate of drug-likeness (QED) is 0.883. The highest BCUT2D eigenvalue weighted by Gasteiger charge is 2.30. The number of hydrogen-bond donors (Lipinski definition) is 1. The van der Waals surface area contributed by atoms with Crippen molar-refractivity contribution in [2.75, 3.05) is 18.5 Å². The molecule has 0 bridgehead atoms. The van der Waals surface area contributed by atoms with Gasteiger partial charge < -0.3 is 19.6 Å². The molecule has 0 saturated heterocycles. The lowest BCUT2D eigenvalue weighted by Crippen LogP contribution is -2.16. The number of fused-ring (bicyclic) bond motifs is 2. The smallest absolute Gasteiger partial charge is 0.278 e. The van der Waals surface area contributed by atoms with Crippen LogP contribution in [-0.2, 0) is 16.2 Å². The Hall–Kier alpha value is -3.02. The van der Waals surface area contributed by atoms with Gasteiger partial charge in [0.15, 0.2) is 17.2 Å².